The number of halogens is 2. The van der Waals surface area contributed by atoms with Crippen LogP contribution in [0.2, 0.25) is 0 Å². The normalized spacial score (nSPS) is 11.2. The molecule has 0 aliphatic rings. The summed E-state index contributed by atoms with van der Waals surface area (Å²) in [5.41, 5.74) is -0.386. The van der Waals surface area contributed by atoms with Crippen molar-refractivity contribution >= 4 is 18.0 Å². The van der Waals surface area contributed by atoms with Crippen LogP contribution < -0.4 is 4.74 Å². The van der Waals surface area contributed by atoms with Crippen molar-refractivity contribution in [2.45, 2.75) is 17.7 Å². The maximum absolute atomic E-state index is 13.3. The SMILES string of the molecule is CCSc1cccc(C(F)(F)C=O)c1OC. The van der Waals surface area contributed by atoms with Gasteiger partial charge in [0, 0.05) is 4.90 Å². The molecule has 0 N–H and O–H groups in total. The van der Waals surface area contributed by atoms with Gasteiger partial charge in [0.2, 0.25) is 0 Å². The first-order valence-corrected chi connectivity index (χ1v) is 5.69. The van der Waals surface area contributed by atoms with E-state index in [-0.39, 0.29) is 17.6 Å². The Bertz CT molecular complexity index is 380. The molecule has 0 saturated carbocycles. The summed E-state index contributed by atoms with van der Waals surface area (Å²) >= 11 is 1.39. The summed E-state index contributed by atoms with van der Waals surface area (Å²) in [5.74, 6) is -2.69. The number of thioether (sulfide) groups is 1. The summed E-state index contributed by atoms with van der Waals surface area (Å²) in [6.07, 6.45) is -0.370. The van der Waals surface area contributed by atoms with Gasteiger partial charge in [-0.05, 0) is 17.9 Å². The fourth-order valence-corrected chi connectivity index (χ4v) is 2.13. The fraction of sp³-hybridized carbons (Fsp3) is 0.364. The van der Waals surface area contributed by atoms with Crippen LogP contribution in [0.4, 0.5) is 8.78 Å². The van der Waals surface area contributed by atoms with E-state index in [4.69, 9.17) is 4.74 Å². The molecule has 16 heavy (non-hydrogen) atoms. The van der Waals surface area contributed by atoms with E-state index >= 15 is 0 Å². The van der Waals surface area contributed by atoms with E-state index in [1.54, 1.807) is 6.07 Å². The predicted octanol–water partition coefficient (Wildman–Crippen LogP) is 3.10. The minimum atomic E-state index is -3.50. The van der Waals surface area contributed by atoms with Crippen LogP contribution in [0.1, 0.15) is 12.5 Å². The average Bonchev–Trinajstić information content (AvgIpc) is 2.29. The van der Waals surface area contributed by atoms with Gasteiger partial charge in [-0.2, -0.15) is 8.78 Å². The predicted molar refractivity (Wildman–Crippen MR) is 59.4 cm³/mol. The Morgan fingerprint density at radius 3 is 2.69 bits per heavy atom. The standard InChI is InChI=1S/C11H12F2O2S/c1-3-16-9-6-4-5-8(10(9)15-2)11(12,13)7-14/h4-7H,3H2,1-2H3. The first kappa shape index (κ1) is 13.0. The van der Waals surface area contributed by atoms with E-state index in [9.17, 15) is 13.6 Å². The summed E-state index contributed by atoms with van der Waals surface area (Å²) in [6.45, 7) is 1.91. The van der Waals surface area contributed by atoms with Crippen LogP contribution in [-0.2, 0) is 10.7 Å². The van der Waals surface area contributed by atoms with Gasteiger partial charge in [0.05, 0.1) is 12.7 Å². The number of ether oxygens (including phenoxy) is 1. The smallest absolute Gasteiger partial charge is 0.331 e. The summed E-state index contributed by atoms with van der Waals surface area (Å²) in [4.78, 5) is 11.0. The molecule has 5 heteroatoms. The third-order valence-corrected chi connectivity index (χ3v) is 2.91. The number of hydrogen-bond donors (Lipinski definition) is 0. The minimum Gasteiger partial charge on any atom is -0.495 e. The number of benzene rings is 1. The highest BCUT2D eigenvalue weighted by Crippen LogP contribution is 2.39. The van der Waals surface area contributed by atoms with E-state index in [0.717, 1.165) is 5.75 Å². The molecule has 0 fully saturated rings. The molecule has 0 spiro atoms. The lowest BCUT2D eigenvalue weighted by atomic mass is 10.1. The Balaban J connectivity index is 3.28. The van der Waals surface area contributed by atoms with Gasteiger partial charge in [0.25, 0.3) is 0 Å². The molecular formula is C11H12F2O2S. The van der Waals surface area contributed by atoms with Crippen molar-refractivity contribution in [2.75, 3.05) is 12.9 Å². The lowest BCUT2D eigenvalue weighted by Gasteiger charge is -2.16. The van der Waals surface area contributed by atoms with Crippen molar-refractivity contribution in [1.29, 1.82) is 0 Å². The number of alkyl halides is 2. The van der Waals surface area contributed by atoms with E-state index in [2.05, 4.69) is 0 Å². The first-order chi connectivity index (χ1) is 7.56. The molecule has 0 aliphatic heterocycles. The molecule has 88 valence electrons. The van der Waals surface area contributed by atoms with Gasteiger partial charge in [0.15, 0.2) is 6.29 Å². The van der Waals surface area contributed by atoms with Crippen molar-refractivity contribution < 1.29 is 18.3 Å². The van der Waals surface area contributed by atoms with Crippen LogP contribution in [0.25, 0.3) is 0 Å². The van der Waals surface area contributed by atoms with Crippen molar-refractivity contribution in [3.05, 3.63) is 23.8 Å². The number of para-hydroxylation sites is 1. The van der Waals surface area contributed by atoms with Gasteiger partial charge in [-0.1, -0.05) is 13.0 Å². The monoisotopic (exact) mass is 246 g/mol. The summed E-state index contributed by atoms with van der Waals surface area (Å²) in [7, 11) is 1.32. The highest BCUT2D eigenvalue weighted by molar-refractivity contribution is 7.99. The van der Waals surface area contributed by atoms with Crippen LogP contribution in [-0.4, -0.2) is 19.1 Å². The zero-order valence-electron chi connectivity index (χ0n) is 9.00. The molecule has 0 saturated heterocycles. The number of methoxy groups -OCH3 is 1. The number of hydrogen-bond acceptors (Lipinski definition) is 3. The van der Waals surface area contributed by atoms with Crippen LogP contribution in [0.15, 0.2) is 23.1 Å². The maximum atomic E-state index is 13.3. The van der Waals surface area contributed by atoms with Crippen molar-refractivity contribution in [1.82, 2.24) is 0 Å². The molecule has 0 aliphatic carbocycles. The second kappa shape index (κ2) is 5.30. The molecule has 0 heterocycles. The molecule has 0 radical (unpaired) electrons. The second-order valence-electron chi connectivity index (χ2n) is 3.01. The molecule has 0 atom stereocenters. The largest absolute Gasteiger partial charge is 0.495 e. The van der Waals surface area contributed by atoms with Gasteiger partial charge >= 0.3 is 5.92 Å². The Hall–Kier alpha value is -1.10. The van der Waals surface area contributed by atoms with E-state index < -0.39 is 5.92 Å². The van der Waals surface area contributed by atoms with Crippen molar-refractivity contribution in [2.24, 2.45) is 0 Å². The van der Waals surface area contributed by atoms with E-state index in [0.29, 0.717) is 4.90 Å². The van der Waals surface area contributed by atoms with Gasteiger partial charge in [-0.15, -0.1) is 11.8 Å². The molecule has 0 aromatic heterocycles. The number of carbonyl (C=O) groups excluding carboxylic acids is 1. The van der Waals surface area contributed by atoms with Crippen molar-refractivity contribution in [3.8, 4) is 5.75 Å². The summed E-state index contributed by atoms with van der Waals surface area (Å²) in [6, 6.07) is 4.39. The Morgan fingerprint density at radius 2 is 2.19 bits per heavy atom. The molecular weight excluding hydrogens is 234 g/mol. The highest BCUT2D eigenvalue weighted by Gasteiger charge is 2.35. The minimum absolute atomic E-state index is 0.0754. The van der Waals surface area contributed by atoms with Crippen LogP contribution in [0.3, 0.4) is 0 Å². The quantitative estimate of drug-likeness (QED) is 0.590. The molecule has 1 aromatic rings. The zero-order chi connectivity index (χ0) is 12.2. The molecule has 1 rings (SSSR count). The molecule has 1 aromatic carbocycles. The first-order valence-electron chi connectivity index (χ1n) is 4.71. The van der Waals surface area contributed by atoms with Crippen LogP contribution >= 0.6 is 11.8 Å². The summed E-state index contributed by atoms with van der Waals surface area (Å²) in [5, 5.41) is 0. The third-order valence-electron chi connectivity index (χ3n) is 1.99. The van der Waals surface area contributed by atoms with Gasteiger partial charge < -0.3 is 4.74 Å². The molecule has 0 amide bonds. The zero-order valence-corrected chi connectivity index (χ0v) is 9.81. The maximum Gasteiger partial charge on any atom is 0.331 e. The topological polar surface area (TPSA) is 26.3 Å². The number of aldehydes is 1. The lowest BCUT2D eigenvalue weighted by Crippen LogP contribution is -2.16. The highest BCUT2D eigenvalue weighted by atomic mass is 32.2. The second-order valence-corrected chi connectivity index (χ2v) is 4.32. The van der Waals surface area contributed by atoms with Crippen LogP contribution in [0.5, 0.6) is 5.75 Å². The Labute approximate surface area is 97.0 Å². The van der Waals surface area contributed by atoms with E-state index in [1.165, 1.54) is 31.0 Å². The molecule has 2 nitrogen and oxygen atoms in total. The van der Waals surface area contributed by atoms with E-state index in [1.807, 2.05) is 6.92 Å². The fourth-order valence-electron chi connectivity index (χ4n) is 1.32. The number of rotatable bonds is 5. The lowest BCUT2D eigenvalue weighted by molar-refractivity contribution is -0.130. The van der Waals surface area contributed by atoms with Crippen LogP contribution in [0, 0.1) is 0 Å². The Morgan fingerprint density at radius 1 is 1.50 bits per heavy atom. The van der Waals surface area contributed by atoms with Gasteiger partial charge in [-0.25, -0.2) is 0 Å². The van der Waals surface area contributed by atoms with Gasteiger partial charge in [0.1, 0.15) is 5.75 Å². The van der Waals surface area contributed by atoms with Crippen molar-refractivity contribution in [3.63, 3.8) is 0 Å². The van der Waals surface area contributed by atoms with Gasteiger partial charge in [-0.3, -0.25) is 4.79 Å². The Kier molecular flexibility index (Phi) is 4.29. The summed E-state index contributed by atoms with van der Waals surface area (Å²) < 4.78 is 31.5. The third kappa shape index (κ3) is 2.52. The average molecular weight is 246 g/mol. The molecule has 0 bridgehead atoms. The number of carbonyl (C=O) groups is 1. The molecule has 0 unspecified atom stereocenters.